The fraction of sp³-hybridized carbons (Fsp3) is 0.304. The summed E-state index contributed by atoms with van der Waals surface area (Å²) in [6, 6.07) is 16.4. The standard InChI is InChI=1S/C21H23N3O2.C2HF3O2/c1-23-13-15-6-4-5-7-17(15)20(23)12-22-21(25)19-10-14-8-9-16(26-3)11-18(14)24(19)2;3-2(4,5)1(6)7/h4-11,20H,12-13H2,1-3H3,(H,22,25);(H,6,7). The zero-order valence-electron chi connectivity index (χ0n) is 18.3. The molecular formula is C23H24F3N3O4. The molecule has 7 nitrogen and oxygen atoms in total. The van der Waals surface area contributed by atoms with Crippen LogP contribution < -0.4 is 10.1 Å². The first-order valence-corrected chi connectivity index (χ1v) is 10.0. The van der Waals surface area contributed by atoms with Crippen LogP contribution in [-0.2, 0) is 18.4 Å². The van der Waals surface area contributed by atoms with E-state index in [9.17, 15) is 18.0 Å². The predicted octanol–water partition coefficient (Wildman–Crippen LogP) is 3.74. The number of halogens is 3. The number of aliphatic carboxylic acids is 1. The third-order valence-electron chi connectivity index (χ3n) is 5.55. The number of aromatic nitrogens is 1. The number of nitrogens with zero attached hydrogens (tertiary/aromatic N) is 2. The van der Waals surface area contributed by atoms with Crippen LogP contribution in [0.25, 0.3) is 10.9 Å². The maximum Gasteiger partial charge on any atom is 0.490 e. The Kier molecular flexibility index (Phi) is 6.97. The van der Waals surface area contributed by atoms with E-state index in [2.05, 4.69) is 41.5 Å². The molecule has 0 aliphatic carbocycles. The molecule has 1 unspecified atom stereocenters. The lowest BCUT2D eigenvalue weighted by Crippen LogP contribution is -2.33. The number of likely N-dealkylation sites (N-methyl/N-ethyl adjacent to an activating group) is 1. The summed E-state index contributed by atoms with van der Waals surface area (Å²) >= 11 is 0. The minimum Gasteiger partial charge on any atom is -0.497 e. The number of carbonyl (C=O) groups is 2. The smallest absolute Gasteiger partial charge is 0.490 e. The number of ether oxygens (including phenoxy) is 1. The van der Waals surface area contributed by atoms with Gasteiger partial charge < -0.3 is 19.7 Å². The molecule has 33 heavy (non-hydrogen) atoms. The molecular weight excluding hydrogens is 439 g/mol. The monoisotopic (exact) mass is 463 g/mol. The van der Waals surface area contributed by atoms with Crippen LogP contribution in [0.4, 0.5) is 13.2 Å². The van der Waals surface area contributed by atoms with E-state index in [1.165, 1.54) is 11.1 Å². The van der Waals surface area contributed by atoms with E-state index in [1.54, 1.807) is 7.11 Å². The molecule has 2 aromatic carbocycles. The number of carbonyl (C=O) groups excluding carboxylic acids is 1. The number of methoxy groups -OCH3 is 1. The lowest BCUT2D eigenvalue weighted by Gasteiger charge is -2.21. The van der Waals surface area contributed by atoms with E-state index in [0.717, 1.165) is 23.2 Å². The van der Waals surface area contributed by atoms with Crippen molar-refractivity contribution in [3.8, 4) is 5.75 Å². The van der Waals surface area contributed by atoms with Gasteiger partial charge in [-0.3, -0.25) is 9.69 Å². The number of alkyl halides is 3. The number of nitrogens with one attached hydrogen (secondary N) is 1. The van der Waals surface area contributed by atoms with Crippen molar-refractivity contribution in [1.82, 2.24) is 14.8 Å². The highest BCUT2D eigenvalue weighted by molar-refractivity contribution is 5.99. The lowest BCUT2D eigenvalue weighted by molar-refractivity contribution is -0.192. The van der Waals surface area contributed by atoms with Gasteiger partial charge in [-0.15, -0.1) is 0 Å². The molecule has 1 aliphatic rings. The molecule has 1 atom stereocenters. The molecule has 1 aromatic heterocycles. The van der Waals surface area contributed by atoms with E-state index in [0.29, 0.717) is 12.2 Å². The highest BCUT2D eigenvalue weighted by atomic mass is 19.4. The largest absolute Gasteiger partial charge is 0.497 e. The van der Waals surface area contributed by atoms with Crippen molar-refractivity contribution in [3.05, 3.63) is 65.4 Å². The number of fused-ring (bicyclic) bond motifs is 2. The Bertz CT molecular complexity index is 1170. The van der Waals surface area contributed by atoms with Crippen molar-refractivity contribution < 1.29 is 32.6 Å². The molecule has 1 amide bonds. The summed E-state index contributed by atoms with van der Waals surface area (Å²) in [5.41, 5.74) is 4.28. The first-order valence-electron chi connectivity index (χ1n) is 10.0. The van der Waals surface area contributed by atoms with Crippen molar-refractivity contribution in [2.75, 3.05) is 20.7 Å². The number of carboxylic acid groups (broad SMARTS) is 1. The molecule has 0 fully saturated rings. The van der Waals surface area contributed by atoms with Gasteiger partial charge in [0.2, 0.25) is 0 Å². The van der Waals surface area contributed by atoms with Gasteiger partial charge >= 0.3 is 12.1 Å². The van der Waals surface area contributed by atoms with Crippen molar-refractivity contribution >= 4 is 22.8 Å². The van der Waals surface area contributed by atoms with Gasteiger partial charge in [-0.05, 0) is 36.4 Å². The number of benzene rings is 2. The fourth-order valence-electron chi connectivity index (χ4n) is 3.82. The maximum absolute atomic E-state index is 12.8. The van der Waals surface area contributed by atoms with E-state index in [-0.39, 0.29) is 11.9 Å². The van der Waals surface area contributed by atoms with Crippen molar-refractivity contribution in [2.45, 2.75) is 18.8 Å². The van der Waals surface area contributed by atoms with E-state index in [1.807, 2.05) is 35.9 Å². The molecule has 10 heteroatoms. The molecule has 2 N–H and O–H groups in total. The van der Waals surface area contributed by atoms with Gasteiger partial charge in [0.1, 0.15) is 11.4 Å². The number of aryl methyl sites for hydroxylation is 1. The Morgan fingerprint density at radius 3 is 2.45 bits per heavy atom. The number of rotatable bonds is 4. The van der Waals surface area contributed by atoms with Gasteiger partial charge in [0.25, 0.3) is 5.91 Å². The normalized spacial score (nSPS) is 15.5. The third-order valence-corrected chi connectivity index (χ3v) is 5.55. The van der Waals surface area contributed by atoms with Crippen LogP contribution in [0.1, 0.15) is 27.7 Å². The summed E-state index contributed by atoms with van der Waals surface area (Å²) in [5.74, 6) is -2.03. The Morgan fingerprint density at radius 2 is 1.82 bits per heavy atom. The quantitative estimate of drug-likeness (QED) is 0.616. The third kappa shape index (κ3) is 5.28. The van der Waals surface area contributed by atoms with Crippen LogP contribution in [0.5, 0.6) is 5.75 Å². The molecule has 2 heterocycles. The summed E-state index contributed by atoms with van der Waals surface area (Å²) in [4.78, 5) is 24.0. The first-order chi connectivity index (χ1) is 15.5. The van der Waals surface area contributed by atoms with Crippen LogP contribution in [-0.4, -0.2) is 53.3 Å². The first kappa shape index (κ1) is 24.1. The van der Waals surface area contributed by atoms with Gasteiger partial charge in [-0.1, -0.05) is 24.3 Å². The fourth-order valence-corrected chi connectivity index (χ4v) is 3.82. The molecule has 0 saturated heterocycles. The van der Waals surface area contributed by atoms with E-state index in [4.69, 9.17) is 14.6 Å². The topological polar surface area (TPSA) is 83.8 Å². The molecule has 3 aromatic rings. The second-order valence-electron chi connectivity index (χ2n) is 7.66. The summed E-state index contributed by atoms with van der Waals surface area (Å²) in [5, 5.41) is 11.3. The molecule has 4 rings (SSSR count). The van der Waals surface area contributed by atoms with Crippen LogP contribution in [0, 0.1) is 0 Å². The van der Waals surface area contributed by atoms with Gasteiger partial charge in [-0.2, -0.15) is 13.2 Å². The Hall–Kier alpha value is -3.53. The molecule has 0 bridgehead atoms. The Labute approximate surface area is 188 Å². The molecule has 1 aliphatic heterocycles. The van der Waals surface area contributed by atoms with Gasteiger partial charge in [0.15, 0.2) is 0 Å². The second kappa shape index (κ2) is 9.53. The summed E-state index contributed by atoms with van der Waals surface area (Å²) < 4.78 is 38.9. The number of hydrogen-bond donors (Lipinski definition) is 2. The van der Waals surface area contributed by atoms with Crippen molar-refractivity contribution in [3.63, 3.8) is 0 Å². The highest BCUT2D eigenvalue weighted by Gasteiger charge is 2.38. The van der Waals surface area contributed by atoms with Crippen molar-refractivity contribution in [2.24, 2.45) is 7.05 Å². The van der Waals surface area contributed by atoms with Crippen LogP contribution >= 0.6 is 0 Å². The molecule has 0 spiro atoms. The summed E-state index contributed by atoms with van der Waals surface area (Å²) in [6.45, 7) is 1.52. The Morgan fingerprint density at radius 1 is 1.15 bits per heavy atom. The SMILES string of the molecule is COc1ccc2cc(C(=O)NCC3c4ccccc4CN3C)n(C)c2c1.O=C(O)C(F)(F)F. The Balaban J connectivity index is 0.000000383. The lowest BCUT2D eigenvalue weighted by atomic mass is 10.1. The summed E-state index contributed by atoms with van der Waals surface area (Å²) in [6.07, 6.45) is -5.08. The van der Waals surface area contributed by atoms with Gasteiger partial charge in [0, 0.05) is 31.6 Å². The van der Waals surface area contributed by atoms with Crippen LogP contribution in [0.2, 0.25) is 0 Å². The summed E-state index contributed by atoms with van der Waals surface area (Å²) in [7, 11) is 5.65. The van der Waals surface area contributed by atoms with Crippen molar-refractivity contribution in [1.29, 1.82) is 0 Å². The predicted molar refractivity (Wildman–Crippen MR) is 116 cm³/mol. The number of carboxylic acids is 1. The minimum atomic E-state index is -5.08. The van der Waals surface area contributed by atoms with E-state index < -0.39 is 12.1 Å². The minimum absolute atomic E-state index is 0.0551. The average molecular weight is 463 g/mol. The number of hydrogen-bond acceptors (Lipinski definition) is 4. The number of amides is 1. The highest BCUT2D eigenvalue weighted by Crippen LogP contribution is 2.31. The van der Waals surface area contributed by atoms with Gasteiger partial charge in [-0.25, -0.2) is 4.79 Å². The average Bonchev–Trinajstić information content (AvgIpc) is 3.27. The maximum atomic E-state index is 12.8. The second-order valence-corrected chi connectivity index (χ2v) is 7.66. The van der Waals surface area contributed by atoms with Gasteiger partial charge in [0.05, 0.1) is 18.7 Å². The molecule has 0 saturated carbocycles. The molecule has 176 valence electrons. The van der Waals surface area contributed by atoms with Crippen LogP contribution in [0.15, 0.2) is 48.5 Å². The van der Waals surface area contributed by atoms with E-state index >= 15 is 0 Å². The zero-order valence-corrected chi connectivity index (χ0v) is 18.3. The zero-order chi connectivity index (χ0) is 24.3. The molecule has 0 radical (unpaired) electrons. The van der Waals surface area contributed by atoms with Crippen LogP contribution in [0.3, 0.4) is 0 Å².